The zero-order valence-corrected chi connectivity index (χ0v) is 12.8. The molecule has 0 saturated heterocycles. The number of nitrogens with zero attached hydrogens (tertiary/aromatic N) is 1. The van der Waals surface area contributed by atoms with Gasteiger partial charge < -0.3 is 5.11 Å². The molecule has 0 unspecified atom stereocenters. The fourth-order valence-electron chi connectivity index (χ4n) is 1.30. The molecule has 1 rings (SSSR count). The fourth-order valence-corrected chi connectivity index (χ4v) is 3.05. The summed E-state index contributed by atoms with van der Waals surface area (Å²) >= 11 is 3.18. The maximum absolute atomic E-state index is 12.0. The van der Waals surface area contributed by atoms with Gasteiger partial charge in [0.05, 0.1) is 0 Å². The van der Waals surface area contributed by atoms with Crippen LogP contribution in [-0.4, -0.2) is 31.7 Å². The van der Waals surface area contributed by atoms with Gasteiger partial charge in [0.25, 0.3) is 0 Å². The van der Waals surface area contributed by atoms with Crippen molar-refractivity contribution in [2.75, 3.05) is 13.2 Å². The van der Waals surface area contributed by atoms with Crippen molar-refractivity contribution in [3.63, 3.8) is 0 Å². The highest BCUT2D eigenvalue weighted by molar-refractivity contribution is 9.10. The first-order chi connectivity index (χ1) is 8.27. The lowest BCUT2D eigenvalue weighted by Crippen LogP contribution is -2.34. The largest absolute Gasteiger partial charge is 0.396 e. The summed E-state index contributed by atoms with van der Waals surface area (Å²) in [6.45, 7) is 4.09. The topological polar surface area (TPSA) is 79.3 Å². The Morgan fingerprint density at radius 1 is 1.44 bits per heavy atom. The molecule has 1 heterocycles. The Hall–Kier alpha value is -0.500. The zero-order valence-electron chi connectivity index (χ0n) is 10.4. The Bertz CT molecular complexity index is 503. The van der Waals surface area contributed by atoms with Gasteiger partial charge in [-0.25, -0.2) is 13.1 Å². The number of aliphatic hydroxyl groups excluding tert-OH is 1. The van der Waals surface area contributed by atoms with Gasteiger partial charge in [-0.1, -0.05) is 13.8 Å². The third-order valence-corrected chi connectivity index (χ3v) is 4.32. The van der Waals surface area contributed by atoms with Crippen LogP contribution in [0.15, 0.2) is 27.8 Å². The molecule has 0 bridgehead atoms. The smallest absolute Gasteiger partial charge is 0.242 e. The van der Waals surface area contributed by atoms with E-state index in [1.54, 1.807) is 0 Å². The molecule has 18 heavy (non-hydrogen) atoms. The van der Waals surface area contributed by atoms with Crippen LogP contribution in [0.4, 0.5) is 0 Å². The molecular weight excluding hydrogens is 320 g/mol. The van der Waals surface area contributed by atoms with Gasteiger partial charge in [-0.3, -0.25) is 4.98 Å². The number of hydrogen-bond acceptors (Lipinski definition) is 4. The minimum absolute atomic E-state index is 0.0349. The van der Waals surface area contributed by atoms with Crippen LogP contribution in [0.3, 0.4) is 0 Å². The van der Waals surface area contributed by atoms with E-state index in [1.807, 2.05) is 13.8 Å². The molecule has 0 aliphatic carbocycles. The standard InChI is InChI=1S/C11H17BrN2O3S/c1-11(2,3-4-15)8-14-18(16,17)10-5-9(12)6-13-7-10/h5-7,14-15H,3-4,8H2,1-2H3. The molecule has 0 aromatic carbocycles. The predicted molar refractivity (Wildman–Crippen MR) is 72.6 cm³/mol. The van der Waals surface area contributed by atoms with Crippen molar-refractivity contribution in [3.8, 4) is 0 Å². The molecule has 0 aliphatic heterocycles. The highest BCUT2D eigenvalue weighted by Gasteiger charge is 2.22. The van der Waals surface area contributed by atoms with Crippen LogP contribution >= 0.6 is 15.9 Å². The highest BCUT2D eigenvalue weighted by atomic mass is 79.9. The molecule has 2 N–H and O–H groups in total. The van der Waals surface area contributed by atoms with Gasteiger partial charge in [-0.15, -0.1) is 0 Å². The summed E-state index contributed by atoms with van der Waals surface area (Å²) in [7, 11) is -3.56. The van der Waals surface area contributed by atoms with Crippen LogP contribution < -0.4 is 4.72 Å². The van der Waals surface area contributed by atoms with Gasteiger partial charge in [-0.05, 0) is 33.8 Å². The van der Waals surface area contributed by atoms with E-state index in [0.717, 1.165) is 0 Å². The zero-order chi connectivity index (χ0) is 13.8. The van der Waals surface area contributed by atoms with E-state index in [0.29, 0.717) is 10.9 Å². The van der Waals surface area contributed by atoms with E-state index >= 15 is 0 Å². The number of pyridine rings is 1. The summed E-state index contributed by atoms with van der Waals surface area (Å²) in [5, 5.41) is 8.89. The molecule has 0 amide bonds. The first-order valence-corrected chi connectivity index (χ1v) is 7.75. The first kappa shape index (κ1) is 15.6. The van der Waals surface area contributed by atoms with Crippen LogP contribution in [-0.2, 0) is 10.0 Å². The van der Waals surface area contributed by atoms with E-state index in [9.17, 15) is 8.42 Å². The third-order valence-electron chi connectivity index (χ3n) is 2.52. The van der Waals surface area contributed by atoms with Gasteiger partial charge in [0.2, 0.25) is 10.0 Å². The molecule has 102 valence electrons. The number of hydrogen-bond donors (Lipinski definition) is 2. The molecular formula is C11H17BrN2O3S. The number of aliphatic hydroxyl groups is 1. The van der Waals surface area contributed by atoms with Crippen molar-refractivity contribution in [1.29, 1.82) is 0 Å². The maximum atomic E-state index is 12.0. The number of aromatic nitrogens is 1. The maximum Gasteiger partial charge on any atom is 0.242 e. The molecule has 5 nitrogen and oxygen atoms in total. The lowest BCUT2D eigenvalue weighted by atomic mass is 9.90. The Balaban J connectivity index is 2.78. The Morgan fingerprint density at radius 2 is 2.11 bits per heavy atom. The number of nitrogens with one attached hydrogen (secondary N) is 1. The van der Waals surface area contributed by atoms with Crippen LogP contribution in [0.5, 0.6) is 0 Å². The number of rotatable bonds is 6. The molecule has 0 radical (unpaired) electrons. The molecule has 1 aromatic rings. The molecule has 0 atom stereocenters. The van der Waals surface area contributed by atoms with Crippen molar-refractivity contribution in [2.24, 2.45) is 5.41 Å². The quantitative estimate of drug-likeness (QED) is 0.825. The Morgan fingerprint density at radius 3 is 2.67 bits per heavy atom. The van der Waals surface area contributed by atoms with Gasteiger partial charge in [-0.2, -0.15) is 0 Å². The summed E-state index contributed by atoms with van der Waals surface area (Å²) < 4.78 is 27.1. The van der Waals surface area contributed by atoms with E-state index in [1.165, 1.54) is 18.5 Å². The molecule has 0 spiro atoms. The SMILES string of the molecule is CC(C)(CCO)CNS(=O)(=O)c1cncc(Br)c1. The Labute approximate surface area is 116 Å². The minimum atomic E-state index is -3.56. The first-order valence-electron chi connectivity index (χ1n) is 5.48. The second kappa shape index (κ2) is 6.10. The van der Waals surface area contributed by atoms with Crippen LogP contribution in [0.25, 0.3) is 0 Å². The van der Waals surface area contributed by atoms with Crippen molar-refractivity contribution in [2.45, 2.75) is 25.2 Å². The van der Waals surface area contributed by atoms with Gasteiger partial charge in [0.1, 0.15) is 4.90 Å². The summed E-state index contributed by atoms with van der Waals surface area (Å²) in [6.07, 6.45) is 3.35. The normalized spacial score (nSPS) is 12.7. The molecule has 0 saturated carbocycles. The second-order valence-electron chi connectivity index (χ2n) is 4.80. The minimum Gasteiger partial charge on any atom is -0.396 e. The van der Waals surface area contributed by atoms with Gasteiger partial charge in [0.15, 0.2) is 0 Å². The summed E-state index contributed by atoms with van der Waals surface area (Å²) in [4.78, 5) is 3.95. The van der Waals surface area contributed by atoms with Crippen molar-refractivity contribution in [3.05, 3.63) is 22.9 Å². The molecule has 7 heteroatoms. The van der Waals surface area contributed by atoms with Crippen LogP contribution in [0, 0.1) is 5.41 Å². The van der Waals surface area contributed by atoms with E-state index in [2.05, 4.69) is 25.6 Å². The van der Waals surface area contributed by atoms with Crippen molar-refractivity contribution < 1.29 is 13.5 Å². The van der Waals surface area contributed by atoms with Crippen LogP contribution in [0.2, 0.25) is 0 Å². The van der Waals surface area contributed by atoms with Crippen molar-refractivity contribution >= 4 is 26.0 Å². The van der Waals surface area contributed by atoms with E-state index in [-0.39, 0.29) is 23.5 Å². The number of halogens is 1. The molecule has 0 fully saturated rings. The van der Waals surface area contributed by atoms with Crippen LogP contribution in [0.1, 0.15) is 20.3 Å². The van der Waals surface area contributed by atoms with Gasteiger partial charge in [0, 0.05) is 30.0 Å². The third kappa shape index (κ3) is 4.64. The van der Waals surface area contributed by atoms with Gasteiger partial charge >= 0.3 is 0 Å². The monoisotopic (exact) mass is 336 g/mol. The van der Waals surface area contributed by atoms with E-state index < -0.39 is 10.0 Å². The lowest BCUT2D eigenvalue weighted by molar-refractivity contribution is 0.213. The summed E-state index contributed by atoms with van der Waals surface area (Å²) in [5.41, 5.74) is -0.290. The second-order valence-corrected chi connectivity index (χ2v) is 7.48. The lowest BCUT2D eigenvalue weighted by Gasteiger charge is -2.23. The summed E-state index contributed by atoms with van der Waals surface area (Å²) in [6, 6.07) is 1.49. The fraction of sp³-hybridized carbons (Fsp3) is 0.545. The molecule has 0 aliphatic rings. The Kier molecular flexibility index (Phi) is 5.27. The summed E-state index contributed by atoms with van der Waals surface area (Å²) in [5.74, 6) is 0. The predicted octanol–water partition coefficient (Wildman–Crippen LogP) is 1.53. The van der Waals surface area contributed by atoms with Crippen molar-refractivity contribution in [1.82, 2.24) is 9.71 Å². The molecule has 1 aromatic heterocycles. The average Bonchev–Trinajstić information content (AvgIpc) is 2.27. The number of sulfonamides is 1. The average molecular weight is 337 g/mol. The van der Waals surface area contributed by atoms with E-state index in [4.69, 9.17) is 5.11 Å². The highest BCUT2D eigenvalue weighted by Crippen LogP contribution is 2.20.